The highest BCUT2D eigenvalue weighted by molar-refractivity contribution is 5.80. The summed E-state index contributed by atoms with van der Waals surface area (Å²) in [5, 5.41) is 0. The van der Waals surface area contributed by atoms with E-state index in [0.717, 1.165) is 18.7 Å². The van der Waals surface area contributed by atoms with Crippen molar-refractivity contribution in [2.75, 3.05) is 13.1 Å². The Morgan fingerprint density at radius 3 is 2.43 bits per heavy atom. The zero-order valence-corrected chi connectivity index (χ0v) is 12.3. The van der Waals surface area contributed by atoms with Gasteiger partial charge >= 0.3 is 0 Å². The van der Waals surface area contributed by atoms with E-state index in [4.69, 9.17) is 0 Å². The summed E-state index contributed by atoms with van der Waals surface area (Å²) < 4.78 is 13.1. The summed E-state index contributed by atoms with van der Waals surface area (Å²) >= 11 is 0. The van der Waals surface area contributed by atoms with Crippen LogP contribution in [0.1, 0.15) is 29.5 Å². The second-order valence-corrected chi connectivity index (χ2v) is 5.64. The van der Waals surface area contributed by atoms with Crippen LogP contribution in [-0.4, -0.2) is 18.0 Å². The quantitative estimate of drug-likeness (QED) is 0.735. The Kier molecular flexibility index (Phi) is 4.05. The summed E-state index contributed by atoms with van der Waals surface area (Å²) in [4.78, 5) is 2.43. The first-order valence-electron chi connectivity index (χ1n) is 7.52. The molecule has 0 saturated carbocycles. The van der Waals surface area contributed by atoms with Gasteiger partial charge in [0, 0.05) is 18.8 Å². The van der Waals surface area contributed by atoms with E-state index >= 15 is 0 Å². The number of benzene rings is 2. The Hall–Kier alpha value is -2.09. The molecule has 0 radical (unpaired) electrons. The van der Waals surface area contributed by atoms with Crippen molar-refractivity contribution in [3.63, 3.8) is 0 Å². The lowest BCUT2D eigenvalue weighted by atomic mass is 10.1. The molecule has 1 saturated heterocycles. The van der Waals surface area contributed by atoms with Crippen LogP contribution in [0.4, 0.5) is 4.39 Å². The van der Waals surface area contributed by atoms with E-state index < -0.39 is 0 Å². The van der Waals surface area contributed by atoms with E-state index in [2.05, 4.69) is 42.2 Å². The third kappa shape index (κ3) is 3.33. The van der Waals surface area contributed by atoms with Gasteiger partial charge in [-0.25, -0.2) is 4.39 Å². The van der Waals surface area contributed by atoms with E-state index in [9.17, 15) is 4.39 Å². The molecule has 2 aromatic carbocycles. The van der Waals surface area contributed by atoms with Crippen LogP contribution in [0.2, 0.25) is 0 Å². The number of hydrogen-bond donors (Lipinski definition) is 0. The van der Waals surface area contributed by atoms with Gasteiger partial charge in [0.15, 0.2) is 0 Å². The maximum Gasteiger partial charge on any atom is 0.123 e. The molecule has 0 unspecified atom stereocenters. The standard InChI is InChI=1S/C19H20FN/c1-15-5-4-6-17(13-15)19(21-11-2-3-12-21)14-16-7-9-18(20)10-8-16/h4-10,13-14H,2-3,11-12H2,1H3. The fourth-order valence-electron chi connectivity index (χ4n) is 2.84. The number of halogens is 1. The number of hydrogen-bond acceptors (Lipinski definition) is 1. The Bertz CT molecular complexity index is 637. The molecule has 1 fully saturated rings. The van der Waals surface area contributed by atoms with E-state index in [1.165, 1.54) is 41.8 Å². The molecule has 1 aliphatic rings. The van der Waals surface area contributed by atoms with Gasteiger partial charge in [-0.05, 0) is 55.2 Å². The topological polar surface area (TPSA) is 3.24 Å². The van der Waals surface area contributed by atoms with Gasteiger partial charge in [0.2, 0.25) is 0 Å². The molecular formula is C19H20FN. The largest absolute Gasteiger partial charge is 0.371 e. The van der Waals surface area contributed by atoms with Crippen molar-refractivity contribution < 1.29 is 4.39 Å². The van der Waals surface area contributed by atoms with Crippen LogP contribution in [-0.2, 0) is 0 Å². The molecule has 1 heterocycles. The summed E-state index contributed by atoms with van der Waals surface area (Å²) in [6.45, 7) is 4.31. The SMILES string of the molecule is Cc1cccc(C(=Cc2ccc(F)cc2)N2CCCC2)c1. The van der Waals surface area contributed by atoms with Crippen LogP contribution in [0.5, 0.6) is 0 Å². The molecule has 21 heavy (non-hydrogen) atoms. The molecule has 0 amide bonds. The van der Waals surface area contributed by atoms with Crippen molar-refractivity contribution in [2.24, 2.45) is 0 Å². The number of rotatable bonds is 3. The van der Waals surface area contributed by atoms with Crippen LogP contribution in [0.3, 0.4) is 0 Å². The predicted octanol–water partition coefficient (Wildman–Crippen LogP) is 4.73. The molecule has 1 nitrogen and oxygen atoms in total. The van der Waals surface area contributed by atoms with Crippen LogP contribution in [0.15, 0.2) is 48.5 Å². The first kappa shape index (κ1) is 13.9. The van der Waals surface area contributed by atoms with Gasteiger partial charge < -0.3 is 4.90 Å². The normalized spacial score (nSPS) is 15.5. The zero-order valence-electron chi connectivity index (χ0n) is 12.3. The molecule has 108 valence electrons. The van der Waals surface area contributed by atoms with Crippen molar-refractivity contribution in [3.05, 3.63) is 71.0 Å². The van der Waals surface area contributed by atoms with E-state index in [1.807, 2.05) is 12.1 Å². The Morgan fingerprint density at radius 1 is 1.05 bits per heavy atom. The monoisotopic (exact) mass is 281 g/mol. The average molecular weight is 281 g/mol. The van der Waals surface area contributed by atoms with Gasteiger partial charge in [0.05, 0.1) is 0 Å². The highest BCUT2D eigenvalue weighted by Crippen LogP contribution is 2.27. The van der Waals surface area contributed by atoms with Gasteiger partial charge in [-0.3, -0.25) is 0 Å². The van der Waals surface area contributed by atoms with Gasteiger partial charge in [-0.1, -0.05) is 35.9 Å². The van der Waals surface area contributed by atoms with Crippen molar-refractivity contribution in [1.29, 1.82) is 0 Å². The minimum atomic E-state index is -0.189. The molecule has 2 heteroatoms. The first-order chi connectivity index (χ1) is 10.2. The Balaban J connectivity index is 2.01. The highest BCUT2D eigenvalue weighted by atomic mass is 19.1. The summed E-state index contributed by atoms with van der Waals surface area (Å²) in [7, 11) is 0. The van der Waals surface area contributed by atoms with Crippen LogP contribution >= 0.6 is 0 Å². The van der Waals surface area contributed by atoms with E-state index in [1.54, 1.807) is 0 Å². The van der Waals surface area contributed by atoms with Crippen molar-refractivity contribution in [2.45, 2.75) is 19.8 Å². The van der Waals surface area contributed by atoms with Crippen LogP contribution < -0.4 is 0 Å². The molecule has 0 N–H and O–H groups in total. The number of likely N-dealkylation sites (tertiary alicyclic amines) is 1. The van der Waals surface area contributed by atoms with Crippen LogP contribution in [0.25, 0.3) is 11.8 Å². The van der Waals surface area contributed by atoms with E-state index in [0.29, 0.717) is 0 Å². The molecule has 0 spiro atoms. The highest BCUT2D eigenvalue weighted by Gasteiger charge is 2.16. The second kappa shape index (κ2) is 6.13. The summed E-state index contributed by atoms with van der Waals surface area (Å²) in [5.74, 6) is -0.189. The molecule has 1 aliphatic heterocycles. The zero-order chi connectivity index (χ0) is 14.7. The smallest absolute Gasteiger partial charge is 0.123 e. The fourth-order valence-corrected chi connectivity index (χ4v) is 2.84. The minimum absolute atomic E-state index is 0.189. The Labute approximate surface area is 125 Å². The molecule has 3 rings (SSSR count). The lowest BCUT2D eigenvalue weighted by molar-refractivity contribution is 0.495. The summed E-state index contributed by atoms with van der Waals surface area (Å²) in [6, 6.07) is 15.3. The van der Waals surface area contributed by atoms with Gasteiger partial charge in [0.1, 0.15) is 5.82 Å². The minimum Gasteiger partial charge on any atom is -0.371 e. The molecule has 0 aliphatic carbocycles. The van der Waals surface area contributed by atoms with Gasteiger partial charge in [-0.2, -0.15) is 0 Å². The maximum absolute atomic E-state index is 13.1. The van der Waals surface area contributed by atoms with Crippen molar-refractivity contribution in [1.82, 2.24) is 4.90 Å². The summed E-state index contributed by atoms with van der Waals surface area (Å²) in [6.07, 6.45) is 4.65. The molecule has 0 atom stereocenters. The Morgan fingerprint density at radius 2 is 1.76 bits per heavy atom. The lowest BCUT2D eigenvalue weighted by Gasteiger charge is -2.22. The first-order valence-corrected chi connectivity index (χ1v) is 7.52. The van der Waals surface area contributed by atoms with Crippen LogP contribution in [0, 0.1) is 12.7 Å². The van der Waals surface area contributed by atoms with E-state index in [-0.39, 0.29) is 5.82 Å². The van der Waals surface area contributed by atoms with Crippen molar-refractivity contribution >= 4 is 11.8 Å². The molecule has 2 aromatic rings. The van der Waals surface area contributed by atoms with Gasteiger partial charge in [0.25, 0.3) is 0 Å². The molecule has 0 bridgehead atoms. The third-order valence-corrected chi connectivity index (χ3v) is 3.93. The lowest BCUT2D eigenvalue weighted by Crippen LogP contribution is -2.17. The fraction of sp³-hybridized carbons (Fsp3) is 0.263. The second-order valence-electron chi connectivity index (χ2n) is 5.64. The number of nitrogens with zero attached hydrogens (tertiary/aromatic N) is 1. The van der Waals surface area contributed by atoms with Gasteiger partial charge in [-0.15, -0.1) is 0 Å². The molecule has 0 aromatic heterocycles. The summed E-state index contributed by atoms with van der Waals surface area (Å²) in [5.41, 5.74) is 4.78. The maximum atomic E-state index is 13.1. The predicted molar refractivity (Wildman–Crippen MR) is 86.3 cm³/mol. The average Bonchev–Trinajstić information content (AvgIpc) is 3.00. The van der Waals surface area contributed by atoms with Crippen molar-refractivity contribution in [3.8, 4) is 0 Å². The molecular weight excluding hydrogens is 261 g/mol. The third-order valence-electron chi connectivity index (χ3n) is 3.93. The number of aryl methyl sites for hydroxylation is 1.